The summed E-state index contributed by atoms with van der Waals surface area (Å²) in [4.78, 5) is 23.6. The van der Waals surface area contributed by atoms with Crippen LogP contribution in [-0.4, -0.2) is 92.6 Å². The van der Waals surface area contributed by atoms with Gasteiger partial charge in [0.05, 0.1) is 13.2 Å². The average molecular weight is 541 g/mol. The van der Waals surface area contributed by atoms with Gasteiger partial charge in [0, 0.05) is 59.3 Å². The molecule has 3 aliphatic rings. The van der Waals surface area contributed by atoms with Gasteiger partial charge in [-0.2, -0.15) is 0 Å². The van der Waals surface area contributed by atoms with Crippen molar-refractivity contribution in [3.8, 4) is 5.75 Å². The maximum absolute atomic E-state index is 12.5. The van der Waals surface area contributed by atoms with Crippen LogP contribution in [0.25, 0.3) is 0 Å². The monoisotopic (exact) mass is 541 g/mol. The number of hydrogen-bond acceptors (Lipinski definition) is 4. The number of fused-ring (bicyclic) bond motifs is 1. The molecule has 3 heterocycles. The molecule has 3 aliphatic heterocycles. The van der Waals surface area contributed by atoms with Crippen molar-refractivity contribution in [3.63, 3.8) is 0 Å². The van der Waals surface area contributed by atoms with Gasteiger partial charge in [0.15, 0.2) is 5.96 Å². The fourth-order valence-corrected chi connectivity index (χ4v) is 4.60. The molecule has 0 radical (unpaired) electrons. The summed E-state index contributed by atoms with van der Waals surface area (Å²) >= 11 is 0. The average Bonchev–Trinajstić information content (AvgIpc) is 3.26. The molecule has 0 saturated carbocycles. The number of likely N-dealkylation sites (tertiary alicyclic amines) is 1. The number of aliphatic imine (C=N–C) groups is 1. The number of ether oxygens (including phenoxy) is 1. The lowest BCUT2D eigenvalue weighted by Crippen LogP contribution is -2.54. The molecule has 2 saturated heterocycles. The van der Waals surface area contributed by atoms with Crippen LogP contribution in [0.15, 0.2) is 23.2 Å². The van der Waals surface area contributed by atoms with E-state index in [2.05, 4.69) is 38.3 Å². The fraction of sp³-hybridized carbons (Fsp3) is 0.652. The van der Waals surface area contributed by atoms with Crippen molar-refractivity contribution in [2.45, 2.75) is 32.1 Å². The van der Waals surface area contributed by atoms with Crippen LogP contribution in [0.5, 0.6) is 5.75 Å². The molecule has 8 heteroatoms. The number of carbonyl (C=O) groups excluding carboxylic acids is 1. The van der Waals surface area contributed by atoms with Crippen molar-refractivity contribution in [1.82, 2.24) is 20.0 Å². The van der Waals surface area contributed by atoms with Gasteiger partial charge in [-0.05, 0) is 42.9 Å². The topological polar surface area (TPSA) is 60.4 Å². The first-order valence-electron chi connectivity index (χ1n) is 11.4. The Balaban J connectivity index is 0.00000272. The zero-order valence-corrected chi connectivity index (χ0v) is 21.0. The van der Waals surface area contributed by atoms with Crippen LogP contribution in [0.3, 0.4) is 0 Å². The van der Waals surface area contributed by atoms with E-state index in [0.717, 1.165) is 89.8 Å². The Morgan fingerprint density at radius 1 is 1.06 bits per heavy atom. The molecule has 31 heavy (non-hydrogen) atoms. The molecular weight excluding hydrogens is 505 g/mol. The number of halogens is 1. The van der Waals surface area contributed by atoms with Crippen LogP contribution < -0.4 is 10.1 Å². The van der Waals surface area contributed by atoms with Crippen LogP contribution in [0.1, 0.15) is 30.4 Å². The number of benzene rings is 1. The zero-order chi connectivity index (χ0) is 20.8. The third-order valence-corrected chi connectivity index (χ3v) is 6.40. The highest BCUT2D eigenvalue weighted by Crippen LogP contribution is 2.25. The smallest absolute Gasteiger partial charge is 0.236 e. The molecule has 0 bridgehead atoms. The van der Waals surface area contributed by atoms with Gasteiger partial charge in [-0.3, -0.25) is 14.7 Å². The summed E-state index contributed by atoms with van der Waals surface area (Å²) < 4.78 is 5.59. The minimum atomic E-state index is 0. The number of nitrogens with one attached hydrogen (secondary N) is 1. The van der Waals surface area contributed by atoms with E-state index in [-0.39, 0.29) is 24.0 Å². The highest BCUT2D eigenvalue weighted by Gasteiger charge is 2.24. The number of guanidine groups is 1. The summed E-state index contributed by atoms with van der Waals surface area (Å²) in [5.41, 5.74) is 2.66. The summed E-state index contributed by atoms with van der Waals surface area (Å²) in [5, 5.41) is 3.51. The Labute approximate surface area is 203 Å². The summed E-state index contributed by atoms with van der Waals surface area (Å²) in [7, 11) is 1.85. The lowest BCUT2D eigenvalue weighted by Gasteiger charge is -2.37. The normalized spacial score (nSPS) is 19.5. The minimum Gasteiger partial charge on any atom is -0.493 e. The Morgan fingerprint density at radius 2 is 1.84 bits per heavy atom. The molecule has 7 nitrogen and oxygen atoms in total. The molecule has 2 fully saturated rings. The van der Waals surface area contributed by atoms with Crippen LogP contribution in [0.2, 0.25) is 0 Å². The molecular formula is C23H36IN5O2. The second-order valence-electron chi connectivity index (χ2n) is 8.47. The molecule has 1 aromatic rings. The molecule has 1 aromatic carbocycles. The van der Waals surface area contributed by atoms with Crippen molar-refractivity contribution < 1.29 is 9.53 Å². The van der Waals surface area contributed by atoms with E-state index in [0.29, 0.717) is 12.5 Å². The van der Waals surface area contributed by atoms with Gasteiger partial charge in [0.1, 0.15) is 5.75 Å². The quantitative estimate of drug-likeness (QED) is 0.351. The highest BCUT2D eigenvalue weighted by atomic mass is 127. The van der Waals surface area contributed by atoms with E-state index in [1.54, 1.807) is 0 Å². The molecule has 0 aliphatic carbocycles. The van der Waals surface area contributed by atoms with Gasteiger partial charge in [0.2, 0.25) is 5.91 Å². The maximum atomic E-state index is 12.5. The molecule has 1 N–H and O–H groups in total. The standard InChI is InChI=1S/C23H35N5O2.HI/c1-24-23(25-9-7-19-5-6-21-20(17-19)8-16-30-21)28-14-12-26(13-15-28)18-22(29)27-10-3-2-4-11-27;/h5-6,17H,2-4,7-16,18H2,1H3,(H,24,25);1H. The van der Waals surface area contributed by atoms with Gasteiger partial charge in [-0.25, -0.2) is 0 Å². The van der Waals surface area contributed by atoms with Crippen molar-refractivity contribution in [3.05, 3.63) is 29.3 Å². The Hall–Kier alpha value is -1.55. The van der Waals surface area contributed by atoms with E-state index in [9.17, 15) is 4.79 Å². The molecule has 172 valence electrons. The third-order valence-electron chi connectivity index (χ3n) is 6.40. The molecule has 0 spiro atoms. The number of hydrogen-bond donors (Lipinski definition) is 1. The predicted molar refractivity (Wildman–Crippen MR) is 135 cm³/mol. The van der Waals surface area contributed by atoms with Crippen molar-refractivity contribution >= 4 is 35.8 Å². The summed E-state index contributed by atoms with van der Waals surface area (Å²) in [6.07, 6.45) is 5.55. The second-order valence-corrected chi connectivity index (χ2v) is 8.47. The van der Waals surface area contributed by atoms with E-state index >= 15 is 0 Å². The molecule has 0 unspecified atom stereocenters. The minimum absolute atomic E-state index is 0. The molecule has 4 rings (SSSR count). The first-order chi connectivity index (χ1) is 14.7. The second kappa shape index (κ2) is 11.9. The van der Waals surface area contributed by atoms with Gasteiger partial charge in [-0.1, -0.05) is 12.1 Å². The van der Waals surface area contributed by atoms with Gasteiger partial charge in [0.25, 0.3) is 0 Å². The van der Waals surface area contributed by atoms with Gasteiger partial charge < -0.3 is 19.9 Å². The number of carbonyl (C=O) groups is 1. The Kier molecular flexibility index (Phi) is 9.25. The van der Waals surface area contributed by atoms with Gasteiger partial charge >= 0.3 is 0 Å². The summed E-state index contributed by atoms with van der Waals surface area (Å²) in [5.74, 6) is 2.30. The van der Waals surface area contributed by atoms with Crippen LogP contribution in [0.4, 0.5) is 0 Å². The summed E-state index contributed by atoms with van der Waals surface area (Å²) in [6, 6.07) is 6.52. The molecule has 1 amide bonds. The van der Waals surface area contributed by atoms with Gasteiger partial charge in [-0.15, -0.1) is 24.0 Å². The zero-order valence-electron chi connectivity index (χ0n) is 18.6. The van der Waals surface area contributed by atoms with Crippen LogP contribution >= 0.6 is 24.0 Å². The third kappa shape index (κ3) is 6.47. The summed E-state index contributed by atoms with van der Waals surface area (Å²) in [6.45, 7) is 7.73. The first-order valence-corrected chi connectivity index (χ1v) is 11.4. The highest BCUT2D eigenvalue weighted by molar-refractivity contribution is 14.0. The van der Waals surface area contributed by atoms with E-state index in [1.165, 1.54) is 17.5 Å². The fourth-order valence-electron chi connectivity index (χ4n) is 4.60. The molecule has 0 atom stereocenters. The predicted octanol–water partition coefficient (Wildman–Crippen LogP) is 1.99. The maximum Gasteiger partial charge on any atom is 0.236 e. The first kappa shape index (κ1) is 24.1. The number of piperazine rings is 1. The number of nitrogens with zero attached hydrogens (tertiary/aromatic N) is 4. The number of rotatable bonds is 5. The Morgan fingerprint density at radius 3 is 2.58 bits per heavy atom. The van der Waals surface area contributed by atoms with Crippen molar-refractivity contribution in [2.24, 2.45) is 4.99 Å². The van der Waals surface area contributed by atoms with Crippen molar-refractivity contribution in [2.75, 3.05) is 66.0 Å². The van der Waals surface area contributed by atoms with E-state index < -0.39 is 0 Å². The SMILES string of the molecule is CN=C(NCCc1ccc2c(c1)CCO2)N1CCN(CC(=O)N2CCCCC2)CC1.I. The van der Waals surface area contributed by atoms with E-state index in [1.807, 2.05) is 11.9 Å². The van der Waals surface area contributed by atoms with Crippen molar-refractivity contribution in [1.29, 1.82) is 0 Å². The number of piperidine rings is 1. The number of amides is 1. The van der Waals surface area contributed by atoms with E-state index in [4.69, 9.17) is 4.74 Å². The van der Waals surface area contributed by atoms with Crippen LogP contribution in [-0.2, 0) is 17.6 Å². The lowest BCUT2D eigenvalue weighted by atomic mass is 10.1. The Bertz CT molecular complexity index is 758. The largest absolute Gasteiger partial charge is 0.493 e. The van der Waals surface area contributed by atoms with Crippen LogP contribution in [0, 0.1) is 0 Å². The lowest BCUT2D eigenvalue weighted by molar-refractivity contribution is -0.133. The molecule has 0 aromatic heterocycles.